The molecule has 1 unspecified atom stereocenters. The number of benzene rings is 1. The molecule has 0 aliphatic heterocycles. The van der Waals surface area contributed by atoms with Gasteiger partial charge in [-0.05, 0) is 41.1 Å². The maximum absolute atomic E-state index is 12.1. The molecule has 4 heteroatoms. The van der Waals surface area contributed by atoms with Crippen LogP contribution in [0.4, 0.5) is 5.69 Å². The summed E-state index contributed by atoms with van der Waals surface area (Å²) in [6.07, 6.45) is 3.36. The molecule has 0 bridgehead atoms. The lowest BCUT2D eigenvalue weighted by atomic mass is 10.0. The fraction of sp³-hybridized carbons (Fsp3) is 0.235. The van der Waals surface area contributed by atoms with E-state index >= 15 is 0 Å². The van der Waals surface area contributed by atoms with E-state index in [1.54, 1.807) is 23.5 Å². The highest BCUT2D eigenvalue weighted by Crippen LogP contribution is 2.25. The van der Waals surface area contributed by atoms with Crippen LogP contribution in [-0.4, -0.2) is 5.91 Å². The number of nitrogens with one attached hydrogen (secondary N) is 1. The first kappa shape index (κ1) is 15.3. The predicted molar refractivity (Wildman–Crippen MR) is 89.9 cm³/mol. The molecule has 0 aliphatic carbocycles. The van der Waals surface area contributed by atoms with E-state index in [-0.39, 0.29) is 11.9 Å². The van der Waals surface area contributed by atoms with Crippen LogP contribution >= 0.6 is 11.3 Å². The third-order valence-electron chi connectivity index (χ3n) is 3.18. The molecular formula is C17H20N2OS. The van der Waals surface area contributed by atoms with Crippen molar-refractivity contribution in [1.82, 2.24) is 5.32 Å². The minimum atomic E-state index is -0.0843. The Morgan fingerprint density at radius 2 is 1.95 bits per heavy atom. The number of nitrogens with two attached hydrogens (primary N) is 1. The lowest BCUT2D eigenvalue weighted by molar-refractivity contribution is -0.117. The van der Waals surface area contributed by atoms with Crippen molar-refractivity contribution in [3.63, 3.8) is 0 Å². The molecule has 0 saturated carbocycles. The Morgan fingerprint density at radius 3 is 2.52 bits per heavy atom. The van der Waals surface area contributed by atoms with Gasteiger partial charge in [-0.2, -0.15) is 0 Å². The van der Waals surface area contributed by atoms with Gasteiger partial charge in [0, 0.05) is 16.6 Å². The summed E-state index contributed by atoms with van der Waals surface area (Å²) in [4.78, 5) is 13.3. The molecule has 0 fully saturated rings. The number of carbonyl (C=O) groups is 1. The Labute approximate surface area is 129 Å². The normalized spacial score (nSPS) is 12.7. The monoisotopic (exact) mass is 300 g/mol. The second-order valence-electron chi connectivity index (χ2n) is 5.25. The van der Waals surface area contributed by atoms with Crippen molar-refractivity contribution in [1.29, 1.82) is 0 Å². The Bertz CT molecular complexity index is 600. The zero-order chi connectivity index (χ0) is 15.2. The third kappa shape index (κ3) is 4.46. The van der Waals surface area contributed by atoms with Crippen molar-refractivity contribution in [3.05, 3.63) is 58.3 Å². The number of anilines is 1. The van der Waals surface area contributed by atoms with Gasteiger partial charge in [-0.15, -0.1) is 11.3 Å². The van der Waals surface area contributed by atoms with Gasteiger partial charge in [0.25, 0.3) is 0 Å². The number of hydrogen-bond donors (Lipinski definition) is 2. The lowest BCUT2D eigenvalue weighted by Gasteiger charge is -2.20. The summed E-state index contributed by atoms with van der Waals surface area (Å²) in [7, 11) is 0. The van der Waals surface area contributed by atoms with E-state index in [0.717, 1.165) is 5.56 Å². The Morgan fingerprint density at radius 1 is 1.24 bits per heavy atom. The average Bonchev–Trinajstić information content (AvgIpc) is 2.97. The predicted octanol–water partition coefficient (Wildman–Crippen LogP) is 3.86. The number of rotatable bonds is 5. The van der Waals surface area contributed by atoms with Crippen molar-refractivity contribution in [3.8, 4) is 0 Å². The largest absolute Gasteiger partial charge is 0.399 e. The average molecular weight is 300 g/mol. The molecule has 0 aliphatic rings. The molecule has 3 N–H and O–H groups in total. The van der Waals surface area contributed by atoms with Gasteiger partial charge in [0.05, 0.1) is 6.04 Å². The summed E-state index contributed by atoms with van der Waals surface area (Å²) in [5.74, 6) is 0.261. The van der Waals surface area contributed by atoms with Crippen molar-refractivity contribution < 1.29 is 4.79 Å². The molecule has 0 spiro atoms. The van der Waals surface area contributed by atoms with Crippen LogP contribution < -0.4 is 11.1 Å². The van der Waals surface area contributed by atoms with E-state index in [1.165, 1.54) is 4.88 Å². The summed E-state index contributed by atoms with van der Waals surface area (Å²) in [6.45, 7) is 4.21. The minimum absolute atomic E-state index is 0.0496. The van der Waals surface area contributed by atoms with Crippen LogP contribution in [0.3, 0.4) is 0 Å². The van der Waals surface area contributed by atoms with Crippen LogP contribution in [0.2, 0.25) is 0 Å². The SMILES string of the molecule is CC(C)C(NC(=O)/C=C/c1ccc(N)cc1)c1cccs1. The van der Waals surface area contributed by atoms with Crippen LogP contribution in [0, 0.1) is 5.92 Å². The van der Waals surface area contributed by atoms with Crippen molar-refractivity contribution in [2.75, 3.05) is 5.73 Å². The fourth-order valence-electron chi connectivity index (χ4n) is 2.01. The molecule has 1 aromatic carbocycles. The summed E-state index contributed by atoms with van der Waals surface area (Å²) < 4.78 is 0. The van der Waals surface area contributed by atoms with E-state index in [4.69, 9.17) is 5.73 Å². The van der Waals surface area contributed by atoms with E-state index in [1.807, 2.05) is 35.7 Å². The van der Waals surface area contributed by atoms with Gasteiger partial charge < -0.3 is 11.1 Å². The maximum atomic E-state index is 12.1. The van der Waals surface area contributed by atoms with Gasteiger partial charge >= 0.3 is 0 Å². The summed E-state index contributed by atoms with van der Waals surface area (Å²) in [6, 6.07) is 11.5. The minimum Gasteiger partial charge on any atom is -0.399 e. The number of nitrogen functional groups attached to an aromatic ring is 1. The van der Waals surface area contributed by atoms with Gasteiger partial charge in [0.2, 0.25) is 5.91 Å². The maximum Gasteiger partial charge on any atom is 0.244 e. The van der Waals surface area contributed by atoms with Crippen molar-refractivity contribution >= 4 is 29.0 Å². The summed E-state index contributed by atoms with van der Waals surface area (Å²) in [5, 5.41) is 5.09. The Kier molecular flexibility index (Phi) is 5.17. The molecule has 3 nitrogen and oxygen atoms in total. The highest BCUT2D eigenvalue weighted by Gasteiger charge is 2.17. The second kappa shape index (κ2) is 7.09. The number of carbonyl (C=O) groups excluding carboxylic acids is 1. The smallest absolute Gasteiger partial charge is 0.244 e. The quantitative estimate of drug-likeness (QED) is 0.651. The highest BCUT2D eigenvalue weighted by molar-refractivity contribution is 7.10. The standard InChI is InChI=1S/C17H20N2OS/c1-12(2)17(15-4-3-11-21-15)19-16(20)10-7-13-5-8-14(18)9-6-13/h3-12,17H,18H2,1-2H3,(H,19,20)/b10-7+. The van der Waals surface area contributed by atoms with Gasteiger partial charge in [-0.3, -0.25) is 4.79 Å². The fourth-order valence-corrected chi connectivity index (χ4v) is 2.96. The van der Waals surface area contributed by atoms with Crippen molar-refractivity contribution in [2.45, 2.75) is 19.9 Å². The summed E-state index contributed by atoms with van der Waals surface area (Å²) >= 11 is 1.66. The van der Waals surface area contributed by atoms with Crippen molar-refractivity contribution in [2.24, 2.45) is 5.92 Å². The molecule has 1 aromatic heterocycles. The van der Waals surface area contributed by atoms with Gasteiger partial charge in [-0.25, -0.2) is 0 Å². The lowest BCUT2D eigenvalue weighted by Crippen LogP contribution is -2.29. The van der Waals surface area contributed by atoms with Gasteiger partial charge in [0.1, 0.15) is 0 Å². The Hall–Kier alpha value is -2.07. The molecule has 0 radical (unpaired) electrons. The first-order valence-electron chi connectivity index (χ1n) is 6.94. The molecule has 21 heavy (non-hydrogen) atoms. The van der Waals surface area contributed by atoms with E-state index in [2.05, 4.69) is 25.2 Å². The highest BCUT2D eigenvalue weighted by atomic mass is 32.1. The molecule has 1 atom stereocenters. The first-order valence-corrected chi connectivity index (χ1v) is 7.82. The number of thiophene rings is 1. The second-order valence-corrected chi connectivity index (χ2v) is 6.22. The van der Waals surface area contributed by atoms with E-state index in [0.29, 0.717) is 11.6 Å². The molecule has 2 aromatic rings. The number of amides is 1. The van der Waals surface area contributed by atoms with Crippen LogP contribution in [0.15, 0.2) is 47.9 Å². The molecule has 1 heterocycles. The molecule has 110 valence electrons. The summed E-state index contributed by atoms with van der Waals surface area (Å²) in [5.41, 5.74) is 7.31. The molecule has 2 rings (SSSR count). The Balaban J connectivity index is 2.01. The number of hydrogen-bond acceptors (Lipinski definition) is 3. The third-order valence-corrected chi connectivity index (χ3v) is 4.13. The molecule has 1 amide bonds. The van der Waals surface area contributed by atoms with Crippen LogP contribution in [0.25, 0.3) is 6.08 Å². The van der Waals surface area contributed by atoms with Crippen LogP contribution in [0.5, 0.6) is 0 Å². The van der Waals surface area contributed by atoms with E-state index in [9.17, 15) is 4.79 Å². The molecule has 0 saturated heterocycles. The van der Waals surface area contributed by atoms with Crippen LogP contribution in [-0.2, 0) is 4.79 Å². The van der Waals surface area contributed by atoms with Gasteiger partial charge in [0.15, 0.2) is 0 Å². The van der Waals surface area contributed by atoms with E-state index < -0.39 is 0 Å². The topological polar surface area (TPSA) is 55.1 Å². The zero-order valence-corrected chi connectivity index (χ0v) is 13.1. The zero-order valence-electron chi connectivity index (χ0n) is 12.2. The molecular weight excluding hydrogens is 280 g/mol. The van der Waals surface area contributed by atoms with Gasteiger partial charge in [-0.1, -0.05) is 32.0 Å². The van der Waals surface area contributed by atoms with Crippen LogP contribution in [0.1, 0.15) is 30.3 Å². The first-order chi connectivity index (χ1) is 10.1.